The molecule has 52 valence electrons. The Morgan fingerprint density at radius 1 is 1.67 bits per heavy atom. The Morgan fingerprint density at radius 3 is 3.22 bits per heavy atom. The summed E-state index contributed by atoms with van der Waals surface area (Å²) in [6.07, 6.45) is 3.59. The zero-order chi connectivity index (χ0) is 6.69. The maximum atomic E-state index is 3.38. The van der Waals surface area contributed by atoms with E-state index in [1.807, 2.05) is 0 Å². The van der Waals surface area contributed by atoms with E-state index < -0.39 is 0 Å². The molecule has 0 aliphatic carbocycles. The van der Waals surface area contributed by atoms with Gasteiger partial charge in [0.15, 0.2) is 0 Å². The number of nitrogens with one attached hydrogen (secondary N) is 1. The van der Waals surface area contributed by atoms with E-state index in [0.717, 1.165) is 19.0 Å². The molecule has 1 N–H and O–H groups in total. The van der Waals surface area contributed by atoms with Crippen LogP contribution in [0.1, 0.15) is 20.3 Å². The third-order valence-electron chi connectivity index (χ3n) is 1.73. The van der Waals surface area contributed by atoms with Gasteiger partial charge in [0.1, 0.15) is 0 Å². The van der Waals surface area contributed by atoms with Crippen LogP contribution in [0.3, 0.4) is 0 Å². The van der Waals surface area contributed by atoms with Gasteiger partial charge in [0.05, 0.1) is 0 Å². The molecule has 0 aromatic rings. The first-order valence-electron chi connectivity index (χ1n) is 3.67. The Morgan fingerprint density at radius 2 is 2.44 bits per heavy atom. The predicted molar refractivity (Wildman–Crippen MR) is 40.4 cm³/mol. The van der Waals surface area contributed by atoms with Gasteiger partial charge >= 0.3 is 0 Å². The van der Waals surface area contributed by atoms with Crippen LogP contribution in [-0.2, 0) is 0 Å². The zero-order valence-electron chi connectivity index (χ0n) is 6.28. The van der Waals surface area contributed by atoms with Gasteiger partial charge in [-0.2, -0.15) is 0 Å². The van der Waals surface area contributed by atoms with E-state index in [-0.39, 0.29) is 0 Å². The Bertz CT molecular complexity index is 116. The van der Waals surface area contributed by atoms with Crippen LogP contribution in [0, 0.1) is 5.92 Å². The fourth-order valence-electron chi connectivity index (χ4n) is 1.24. The summed E-state index contributed by atoms with van der Waals surface area (Å²) in [5.41, 5.74) is 1.53. The lowest BCUT2D eigenvalue weighted by Gasteiger charge is -2.01. The van der Waals surface area contributed by atoms with Gasteiger partial charge in [0, 0.05) is 6.54 Å². The van der Waals surface area contributed by atoms with E-state index in [1.54, 1.807) is 0 Å². The van der Waals surface area contributed by atoms with Crippen molar-refractivity contribution >= 4 is 0 Å². The maximum Gasteiger partial charge on any atom is 0.00117 e. The molecular formula is C8H15N. The van der Waals surface area contributed by atoms with Crippen molar-refractivity contribution in [2.75, 3.05) is 13.1 Å². The first-order chi connectivity index (χ1) is 4.29. The molecule has 0 saturated carbocycles. The number of hydrogen-bond acceptors (Lipinski definition) is 1. The zero-order valence-corrected chi connectivity index (χ0v) is 6.28. The minimum Gasteiger partial charge on any atom is -0.316 e. The molecule has 1 heteroatoms. The van der Waals surface area contributed by atoms with Crippen molar-refractivity contribution in [3.63, 3.8) is 0 Å². The Labute approximate surface area is 57.1 Å². The molecule has 9 heavy (non-hydrogen) atoms. The van der Waals surface area contributed by atoms with Gasteiger partial charge in [0.2, 0.25) is 0 Å². The summed E-state index contributed by atoms with van der Waals surface area (Å²) in [5, 5.41) is 3.38. The van der Waals surface area contributed by atoms with Gasteiger partial charge in [-0.3, -0.25) is 0 Å². The summed E-state index contributed by atoms with van der Waals surface area (Å²) in [7, 11) is 0. The molecule has 1 heterocycles. The molecule has 1 aliphatic heterocycles. The molecule has 0 fully saturated rings. The molecule has 0 saturated heterocycles. The highest BCUT2D eigenvalue weighted by Gasteiger charge is 2.02. The van der Waals surface area contributed by atoms with Gasteiger partial charge in [-0.25, -0.2) is 0 Å². The van der Waals surface area contributed by atoms with Crippen molar-refractivity contribution in [1.82, 2.24) is 5.32 Å². The van der Waals surface area contributed by atoms with E-state index in [4.69, 9.17) is 0 Å². The summed E-state index contributed by atoms with van der Waals surface area (Å²) in [4.78, 5) is 0. The van der Waals surface area contributed by atoms with E-state index in [2.05, 4.69) is 25.2 Å². The summed E-state index contributed by atoms with van der Waals surface area (Å²) < 4.78 is 0. The molecule has 0 amide bonds. The third-order valence-corrected chi connectivity index (χ3v) is 1.73. The molecule has 1 rings (SSSR count). The van der Waals surface area contributed by atoms with Crippen molar-refractivity contribution in [3.8, 4) is 0 Å². The van der Waals surface area contributed by atoms with E-state index in [0.29, 0.717) is 0 Å². The molecule has 1 nitrogen and oxygen atoms in total. The van der Waals surface area contributed by atoms with Crippen molar-refractivity contribution in [2.45, 2.75) is 20.3 Å². The van der Waals surface area contributed by atoms with Gasteiger partial charge < -0.3 is 5.32 Å². The van der Waals surface area contributed by atoms with Crippen molar-refractivity contribution < 1.29 is 0 Å². The molecule has 1 atom stereocenters. The molecule has 0 aromatic carbocycles. The molecule has 0 radical (unpaired) electrons. The normalized spacial score (nSPS) is 29.1. The van der Waals surface area contributed by atoms with Gasteiger partial charge in [-0.05, 0) is 25.8 Å². The molecule has 0 aromatic heterocycles. The van der Waals surface area contributed by atoms with Crippen LogP contribution in [0.25, 0.3) is 0 Å². The van der Waals surface area contributed by atoms with Gasteiger partial charge in [-0.15, -0.1) is 0 Å². The van der Waals surface area contributed by atoms with Crippen LogP contribution in [0.4, 0.5) is 0 Å². The minimum atomic E-state index is 0.729. The highest BCUT2D eigenvalue weighted by molar-refractivity contribution is 5.03. The quantitative estimate of drug-likeness (QED) is 0.484. The summed E-state index contributed by atoms with van der Waals surface area (Å²) in [5.74, 6) is 0.729. The fourth-order valence-corrected chi connectivity index (χ4v) is 1.24. The van der Waals surface area contributed by atoms with E-state index in [1.165, 1.54) is 12.0 Å². The van der Waals surface area contributed by atoms with Crippen molar-refractivity contribution in [2.24, 2.45) is 5.92 Å². The second-order valence-electron chi connectivity index (χ2n) is 2.94. The highest BCUT2D eigenvalue weighted by atomic mass is 14.9. The lowest BCUT2D eigenvalue weighted by molar-refractivity contribution is 0.617. The molecule has 1 aliphatic rings. The van der Waals surface area contributed by atoms with Crippen LogP contribution < -0.4 is 5.32 Å². The second kappa shape index (κ2) is 3.02. The maximum absolute atomic E-state index is 3.38. The smallest absolute Gasteiger partial charge is 0.00117 e. The second-order valence-corrected chi connectivity index (χ2v) is 2.94. The largest absolute Gasteiger partial charge is 0.316 e. The first kappa shape index (κ1) is 6.81. The van der Waals surface area contributed by atoms with Crippen LogP contribution in [0.15, 0.2) is 11.6 Å². The first-order valence-corrected chi connectivity index (χ1v) is 3.67. The van der Waals surface area contributed by atoms with Gasteiger partial charge in [-0.1, -0.05) is 18.6 Å². The van der Waals surface area contributed by atoms with Crippen LogP contribution in [0.2, 0.25) is 0 Å². The highest BCUT2D eigenvalue weighted by Crippen LogP contribution is 2.07. The fraction of sp³-hybridized carbons (Fsp3) is 0.750. The lowest BCUT2D eigenvalue weighted by Crippen LogP contribution is -2.18. The summed E-state index contributed by atoms with van der Waals surface area (Å²) >= 11 is 0. The van der Waals surface area contributed by atoms with Crippen molar-refractivity contribution in [3.05, 3.63) is 11.6 Å². The van der Waals surface area contributed by atoms with Crippen LogP contribution in [-0.4, -0.2) is 13.1 Å². The average Bonchev–Trinajstić information content (AvgIpc) is 1.93. The summed E-state index contributed by atoms with van der Waals surface area (Å²) in [6.45, 7) is 6.77. The van der Waals surface area contributed by atoms with Crippen LogP contribution in [0.5, 0.6) is 0 Å². The topological polar surface area (TPSA) is 12.0 Å². The predicted octanol–water partition coefficient (Wildman–Crippen LogP) is 1.56. The molecule has 0 bridgehead atoms. The molecule has 0 spiro atoms. The molecular weight excluding hydrogens is 110 g/mol. The number of hydrogen-bond donors (Lipinski definition) is 1. The van der Waals surface area contributed by atoms with Crippen molar-refractivity contribution in [1.29, 1.82) is 0 Å². The van der Waals surface area contributed by atoms with E-state index in [9.17, 15) is 0 Å². The van der Waals surface area contributed by atoms with Gasteiger partial charge in [0.25, 0.3) is 0 Å². The third kappa shape index (κ3) is 2.19. The monoisotopic (exact) mass is 125 g/mol. The minimum absolute atomic E-state index is 0.729. The standard InChI is InChI=1S/C8H15N/c1-7-3-4-9-6-8(2)5-7/h5,8-9H,3-4,6H2,1-2H3. The lowest BCUT2D eigenvalue weighted by atomic mass is 10.1. The molecule has 1 unspecified atom stereocenters. The Hall–Kier alpha value is -0.300. The Balaban J connectivity index is 2.49. The number of rotatable bonds is 0. The Kier molecular flexibility index (Phi) is 2.29. The van der Waals surface area contributed by atoms with E-state index >= 15 is 0 Å². The summed E-state index contributed by atoms with van der Waals surface area (Å²) in [6, 6.07) is 0. The SMILES string of the molecule is CC1=CC(C)CNCC1. The van der Waals surface area contributed by atoms with Crippen LogP contribution >= 0.6 is 0 Å². The average molecular weight is 125 g/mol.